The molecule has 1 aromatic rings. The van der Waals surface area contributed by atoms with Gasteiger partial charge in [0.2, 0.25) is 0 Å². The summed E-state index contributed by atoms with van der Waals surface area (Å²) in [6.07, 6.45) is 3.96. The number of benzene rings is 1. The van der Waals surface area contributed by atoms with E-state index in [2.05, 4.69) is 26.0 Å². The van der Waals surface area contributed by atoms with Crippen LogP contribution in [0.3, 0.4) is 0 Å². The number of Topliss-reactive ketones (excluding diaryl/α,β-unsaturated/α-hetero) is 1. The van der Waals surface area contributed by atoms with Crippen molar-refractivity contribution in [1.29, 1.82) is 0 Å². The highest BCUT2D eigenvalue weighted by molar-refractivity contribution is 6.02. The van der Waals surface area contributed by atoms with Crippen LogP contribution in [-0.2, 0) is 6.42 Å². The molecule has 0 spiro atoms. The number of fused-ring (bicyclic) bond motifs is 1. The Kier molecular flexibility index (Phi) is 2.72. The normalized spacial score (nSPS) is 18.8. The predicted octanol–water partition coefficient (Wildman–Crippen LogP) is 3.40. The van der Waals surface area contributed by atoms with Gasteiger partial charge in [0.1, 0.15) is 0 Å². The van der Waals surface area contributed by atoms with Crippen LogP contribution in [0.5, 0.6) is 0 Å². The summed E-state index contributed by atoms with van der Waals surface area (Å²) in [6, 6.07) is 7.96. The van der Waals surface area contributed by atoms with Crippen molar-refractivity contribution in [2.75, 3.05) is 0 Å². The van der Waals surface area contributed by atoms with Crippen LogP contribution in [0.15, 0.2) is 35.9 Å². The van der Waals surface area contributed by atoms with Gasteiger partial charge in [0.05, 0.1) is 0 Å². The van der Waals surface area contributed by atoms with E-state index in [4.69, 9.17) is 0 Å². The highest BCUT2D eigenvalue weighted by Crippen LogP contribution is 2.28. The van der Waals surface area contributed by atoms with Gasteiger partial charge in [-0.25, -0.2) is 0 Å². The van der Waals surface area contributed by atoms with Crippen LogP contribution in [0.4, 0.5) is 0 Å². The van der Waals surface area contributed by atoms with Gasteiger partial charge in [-0.3, -0.25) is 4.79 Å². The molecule has 0 bridgehead atoms. The highest BCUT2D eigenvalue weighted by Gasteiger charge is 2.28. The first-order valence-electron chi connectivity index (χ1n) is 5.44. The summed E-state index contributed by atoms with van der Waals surface area (Å²) >= 11 is 0. The molecular formula is C14H16O. The maximum atomic E-state index is 12.0. The Balaban J connectivity index is 2.17. The molecule has 0 amide bonds. The maximum absolute atomic E-state index is 12.0. The number of carbonyl (C=O) groups is 1. The van der Waals surface area contributed by atoms with Crippen LogP contribution in [0, 0.1) is 5.92 Å². The highest BCUT2D eigenvalue weighted by atomic mass is 16.1. The van der Waals surface area contributed by atoms with Gasteiger partial charge in [-0.15, -0.1) is 0 Å². The van der Waals surface area contributed by atoms with Crippen LogP contribution in [0.1, 0.15) is 36.2 Å². The monoisotopic (exact) mass is 200 g/mol. The Morgan fingerprint density at radius 1 is 1.40 bits per heavy atom. The Morgan fingerprint density at radius 3 is 2.80 bits per heavy atom. The number of rotatable bonds is 2. The minimum atomic E-state index is 0.178. The molecule has 0 aromatic heterocycles. The second kappa shape index (κ2) is 4.01. The van der Waals surface area contributed by atoms with E-state index >= 15 is 0 Å². The lowest BCUT2D eigenvalue weighted by Crippen LogP contribution is -2.07. The summed E-state index contributed by atoms with van der Waals surface area (Å²) in [5.41, 5.74) is 3.44. The van der Waals surface area contributed by atoms with Gasteiger partial charge in [0, 0.05) is 11.5 Å². The fourth-order valence-corrected chi connectivity index (χ4v) is 2.09. The zero-order valence-electron chi connectivity index (χ0n) is 9.29. The Bertz CT molecular complexity index is 411. The number of hydrogen-bond acceptors (Lipinski definition) is 1. The van der Waals surface area contributed by atoms with E-state index < -0.39 is 0 Å². The predicted molar refractivity (Wildman–Crippen MR) is 62.0 cm³/mol. The van der Waals surface area contributed by atoms with E-state index in [9.17, 15) is 4.79 Å². The van der Waals surface area contributed by atoms with Crippen molar-refractivity contribution < 1.29 is 4.79 Å². The molecule has 1 aromatic carbocycles. The lowest BCUT2D eigenvalue weighted by Gasteiger charge is -2.03. The second-order valence-corrected chi connectivity index (χ2v) is 4.44. The first kappa shape index (κ1) is 10.2. The largest absolute Gasteiger partial charge is 0.294 e. The van der Waals surface area contributed by atoms with Gasteiger partial charge >= 0.3 is 0 Å². The molecule has 0 heterocycles. The van der Waals surface area contributed by atoms with Gasteiger partial charge in [0.15, 0.2) is 5.78 Å². The smallest absolute Gasteiger partial charge is 0.166 e. The first-order chi connectivity index (χ1) is 7.18. The molecule has 78 valence electrons. The number of allylic oxidation sites excluding steroid dienone is 2. The van der Waals surface area contributed by atoms with Crippen molar-refractivity contribution >= 4 is 5.78 Å². The molecule has 0 saturated carbocycles. The first-order valence-corrected chi connectivity index (χ1v) is 5.44. The van der Waals surface area contributed by atoms with Crippen LogP contribution in [0.25, 0.3) is 0 Å². The molecule has 1 nitrogen and oxygen atoms in total. The average molecular weight is 200 g/mol. The van der Waals surface area contributed by atoms with Crippen LogP contribution >= 0.6 is 0 Å². The topological polar surface area (TPSA) is 17.1 Å². The maximum Gasteiger partial charge on any atom is 0.166 e. The van der Waals surface area contributed by atoms with Crippen molar-refractivity contribution in [1.82, 2.24) is 0 Å². The van der Waals surface area contributed by atoms with Crippen molar-refractivity contribution in [2.45, 2.75) is 26.7 Å². The fraction of sp³-hybridized carbons (Fsp3) is 0.357. The van der Waals surface area contributed by atoms with Crippen molar-refractivity contribution in [3.63, 3.8) is 0 Å². The average Bonchev–Trinajstić information content (AvgIpc) is 2.54. The molecule has 1 aliphatic carbocycles. The van der Waals surface area contributed by atoms with E-state index in [0.29, 0.717) is 5.78 Å². The van der Waals surface area contributed by atoms with Crippen LogP contribution in [0.2, 0.25) is 0 Å². The second-order valence-electron chi connectivity index (χ2n) is 4.44. The van der Waals surface area contributed by atoms with Gasteiger partial charge in [0.25, 0.3) is 0 Å². The lowest BCUT2D eigenvalue weighted by atomic mass is 10.00. The third kappa shape index (κ3) is 2.01. The summed E-state index contributed by atoms with van der Waals surface area (Å²) < 4.78 is 0. The SMILES string of the molecule is CC(C)=CCC1Cc2ccccc2C1=O. The van der Waals surface area contributed by atoms with Gasteiger partial charge in [-0.05, 0) is 32.3 Å². The molecule has 1 unspecified atom stereocenters. The van der Waals surface area contributed by atoms with Crippen LogP contribution < -0.4 is 0 Å². The number of hydrogen-bond donors (Lipinski definition) is 0. The van der Waals surface area contributed by atoms with E-state index in [0.717, 1.165) is 18.4 Å². The molecule has 2 rings (SSSR count). The molecule has 1 atom stereocenters. The Morgan fingerprint density at radius 2 is 2.13 bits per heavy atom. The summed E-state index contributed by atoms with van der Waals surface area (Å²) in [5, 5.41) is 0. The van der Waals surface area contributed by atoms with E-state index in [1.54, 1.807) is 0 Å². The summed E-state index contributed by atoms with van der Waals surface area (Å²) in [5.74, 6) is 0.500. The molecule has 0 saturated heterocycles. The third-order valence-corrected chi connectivity index (χ3v) is 2.93. The molecular weight excluding hydrogens is 184 g/mol. The van der Waals surface area contributed by atoms with Crippen molar-refractivity contribution in [3.05, 3.63) is 47.0 Å². The van der Waals surface area contributed by atoms with E-state index in [1.165, 1.54) is 11.1 Å². The van der Waals surface area contributed by atoms with Gasteiger partial charge < -0.3 is 0 Å². The minimum absolute atomic E-state index is 0.178. The van der Waals surface area contributed by atoms with Crippen LogP contribution in [-0.4, -0.2) is 5.78 Å². The van der Waals surface area contributed by atoms with E-state index in [1.807, 2.05) is 18.2 Å². The van der Waals surface area contributed by atoms with Crippen molar-refractivity contribution in [3.8, 4) is 0 Å². The molecule has 0 fully saturated rings. The summed E-state index contributed by atoms with van der Waals surface area (Å²) in [6.45, 7) is 4.15. The quantitative estimate of drug-likeness (QED) is 0.669. The van der Waals surface area contributed by atoms with E-state index in [-0.39, 0.29) is 5.92 Å². The van der Waals surface area contributed by atoms with Crippen molar-refractivity contribution in [2.24, 2.45) is 5.92 Å². The van der Waals surface area contributed by atoms with Gasteiger partial charge in [-0.1, -0.05) is 35.9 Å². The minimum Gasteiger partial charge on any atom is -0.294 e. The molecule has 1 aliphatic rings. The molecule has 0 radical (unpaired) electrons. The lowest BCUT2D eigenvalue weighted by molar-refractivity contribution is 0.0938. The standard InChI is InChI=1S/C14H16O/c1-10(2)7-8-12-9-11-5-3-4-6-13(11)14(12)15/h3-7,12H,8-9H2,1-2H3. The number of carbonyl (C=O) groups excluding carboxylic acids is 1. The Labute approximate surface area is 90.8 Å². The molecule has 0 aliphatic heterocycles. The summed E-state index contributed by atoms with van der Waals surface area (Å²) in [4.78, 5) is 12.0. The molecule has 0 N–H and O–H groups in total. The summed E-state index contributed by atoms with van der Waals surface area (Å²) in [7, 11) is 0. The zero-order valence-corrected chi connectivity index (χ0v) is 9.29. The zero-order chi connectivity index (χ0) is 10.8. The third-order valence-electron chi connectivity index (χ3n) is 2.93. The Hall–Kier alpha value is -1.37. The number of ketones is 1. The molecule has 15 heavy (non-hydrogen) atoms. The molecule has 1 heteroatoms. The van der Waals surface area contributed by atoms with Gasteiger partial charge in [-0.2, -0.15) is 0 Å². The fourth-order valence-electron chi connectivity index (χ4n) is 2.09.